The number of hydrogen-bond donors (Lipinski definition) is 1. The molecule has 21 heavy (non-hydrogen) atoms. The predicted molar refractivity (Wildman–Crippen MR) is 83.4 cm³/mol. The SMILES string of the molecule is CN=C(NCCOC)N1CCN(c2ccc(F)cc2)CC1. The number of halogens is 1. The summed E-state index contributed by atoms with van der Waals surface area (Å²) in [6.07, 6.45) is 0. The molecule has 1 aliphatic rings. The van der Waals surface area contributed by atoms with Gasteiger partial charge in [-0.1, -0.05) is 0 Å². The number of methoxy groups -OCH3 is 1. The zero-order chi connectivity index (χ0) is 15.1. The molecule has 1 aromatic carbocycles. The number of nitrogens with one attached hydrogen (secondary N) is 1. The summed E-state index contributed by atoms with van der Waals surface area (Å²) >= 11 is 0. The second-order valence-electron chi connectivity index (χ2n) is 4.92. The number of rotatable bonds is 4. The number of benzene rings is 1. The van der Waals surface area contributed by atoms with Crippen LogP contribution >= 0.6 is 0 Å². The minimum atomic E-state index is -0.194. The fraction of sp³-hybridized carbons (Fsp3) is 0.533. The minimum Gasteiger partial charge on any atom is -0.383 e. The number of hydrogen-bond acceptors (Lipinski definition) is 3. The molecule has 1 saturated heterocycles. The Labute approximate surface area is 125 Å². The van der Waals surface area contributed by atoms with Gasteiger partial charge in [0.2, 0.25) is 0 Å². The lowest BCUT2D eigenvalue weighted by molar-refractivity contribution is 0.202. The van der Waals surface area contributed by atoms with Crippen molar-refractivity contribution in [1.29, 1.82) is 0 Å². The fourth-order valence-electron chi connectivity index (χ4n) is 2.43. The molecule has 0 spiro atoms. The zero-order valence-electron chi connectivity index (χ0n) is 12.7. The molecule has 0 saturated carbocycles. The molecule has 0 unspecified atom stereocenters. The first-order valence-corrected chi connectivity index (χ1v) is 7.19. The van der Waals surface area contributed by atoms with Crippen LogP contribution in [-0.2, 0) is 4.74 Å². The average Bonchev–Trinajstić information content (AvgIpc) is 2.53. The van der Waals surface area contributed by atoms with E-state index in [9.17, 15) is 4.39 Å². The van der Waals surface area contributed by atoms with Crippen molar-refractivity contribution >= 4 is 11.6 Å². The van der Waals surface area contributed by atoms with Crippen LogP contribution in [0.3, 0.4) is 0 Å². The number of ether oxygens (including phenoxy) is 1. The van der Waals surface area contributed by atoms with Crippen LogP contribution in [0.25, 0.3) is 0 Å². The highest BCUT2D eigenvalue weighted by atomic mass is 19.1. The Balaban J connectivity index is 1.85. The van der Waals surface area contributed by atoms with Crippen molar-refractivity contribution in [2.45, 2.75) is 0 Å². The largest absolute Gasteiger partial charge is 0.383 e. The molecule has 1 heterocycles. The van der Waals surface area contributed by atoms with Gasteiger partial charge in [-0.2, -0.15) is 0 Å². The lowest BCUT2D eigenvalue weighted by atomic mass is 10.2. The van der Waals surface area contributed by atoms with Crippen molar-refractivity contribution < 1.29 is 9.13 Å². The normalized spacial score (nSPS) is 16.2. The Hall–Kier alpha value is -1.82. The van der Waals surface area contributed by atoms with E-state index in [1.54, 1.807) is 14.2 Å². The molecule has 0 bridgehead atoms. The van der Waals surface area contributed by atoms with E-state index in [-0.39, 0.29) is 5.82 Å². The van der Waals surface area contributed by atoms with Crippen LogP contribution in [0.1, 0.15) is 0 Å². The lowest BCUT2D eigenvalue weighted by Gasteiger charge is -2.37. The topological polar surface area (TPSA) is 40.1 Å². The minimum absolute atomic E-state index is 0.194. The Bertz CT molecular complexity index is 455. The van der Waals surface area contributed by atoms with Crippen LogP contribution in [-0.4, -0.2) is 64.3 Å². The highest BCUT2D eigenvalue weighted by molar-refractivity contribution is 5.80. The molecular weight excluding hydrogens is 271 g/mol. The van der Waals surface area contributed by atoms with Gasteiger partial charge < -0.3 is 19.9 Å². The van der Waals surface area contributed by atoms with Gasteiger partial charge >= 0.3 is 0 Å². The van der Waals surface area contributed by atoms with Crippen LogP contribution in [0.5, 0.6) is 0 Å². The smallest absolute Gasteiger partial charge is 0.193 e. The van der Waals surface area contributed by atoms with E-state index in [4.69, 9.17) is 4.74 Å². The van der Waals surface area contributed by atoms with Gasteiger partial charge in [0.15, 0.2) is 5.96 Å². The molecule has 0 radical (unpaired) electrons. The molecule has 1 fully saturated rings. The first-order valence-electron chi connectivity index (χ1n) is 7.19. The second kappa shape index (κ2) is 7.83. The maximum absolute atomic E-state index is 13.0. The first-order chi connectivity index (χ1) is 10.2. The van der Waals surface area contributed by atoms with Gasteiger partial charge in [0.25, 0.3) is 0 Å². The van der Waals surface area contributed by atoms with Gasteiger partial charge in [0.1, 0.15) is 5.82 Å². The van der Waals surface area contributed by atoms with Gasteiger partial charge in [0, 0.05) is 52.6 Å². The number of aliphatic imine (C=N–C) groups is 1. The van der Waals surface area contributed by atoms with E-state index in [0.717, 1.165) is 44.4 Å². The van der Waals surface area contributed by atoms with Crippen molar-refractivity contribution in [2.24, 2.45) is 4.99 Å². The summed E-state index contributed by atoms with van der Waals surface area (Å²) < 4.78 is 18.0. The first kappa shape index (κ1) is 15.6. The maximum atomic E-state index is 13.0. The van der Waals surface area contributed by atoms with Gasteiger partial charge in [-0.3, -0.25) is 4.99 Å². The second-order valence-corrected chi connectivity index (χ2v) is 4.92. The summed E-state index contributed by atoms with van der Waals surface area (Å²) in [6, 6.07) is 6.67. The average molecular weight is 294 g/mol. The van der Waals surface area contributed by atoms with Crippen LogP contribution < -0.4 is 10.2 Å². The van der Waals surface area contributed by atoms with Crippen molar-refractivity contribution in [1.82, 2.24) is 10.2 Å². The van der Waals surface area contributed by atoms with Crippen LogP contribution in [0, 0.1) is 5.82 Å². The molecule has 6 heteroatoms. The third-order valence-corrected chi connectivity index (χ3v) is 3.57. The van der Waals surface area contributed by atoms with E-state index in [0.29, 0.717) is 6.61 Å². The monoisotopic (exact) mass is 294 g/mol. The summed E-state index contributed by atoms with van der Waals surface area (Å²) in [6.45, 7) is 5.00. The number of anilines is 1. The van der Waals surface area contributed by atoms with Gasteiger partial charge in [-0.25, -0.2) is 4.39 Å². The van der Waals surface area contributed by atoms with E-state index in [1.807, 2.05) is 12.1 Å². The Morgan fingerprint density at radius 2 is 1.90 bits per heavy atom. The van der Waals surface area contributed by atoms with Crippen molar-refractivity contribution in [3.63, 3.8) is 0 Å². The molecule has 0 aliphatic carbocycles. The van der Waals surface area contributed by atoms with E-state index in [1.165, 1.54) is 12.1 Å². The Kier molecular flexibility index (Phi) is 5.80. The van der Waals surface area contributed by atoms with Crippen molar-refractivity contribution in [2.75, 3.05) is 58.4 Å². The summed E-state index contributed by atoms with van der Waals surface area (Å²) in [5.41, 5.74) is 1.07. The predicted octanol–water partition coefficient (Wildman–Crippen LogP) is 1.17. The lowest BCUT2D eigenvalue weighted by Crippen LogP contribution is -2.53. The quantitative estimate of drug-likeness (QED) is 0.514. The molecule has 0 atom stereocenters. The van der Waals surface area contributed by atoms with Gasteiger partial charge in [-0.05, 0) is 24.3 Å². The van der Waals surface area contributed by atoms with Crippen LogP contribution in [0.2, 0.25) is 0 Å². The Morgan fingerprint density at radius 1 is 1.24 bits per heavy atom. The summed E-state index contributed by atoms with van der Waals surface area (Å²) in [7, 11) is 3.48. The molecule has 1 aliphatic heterocycles. The number of guanidine groups is 1. The summed E-state index contributed by atoms with van der Waals surface area (Å²) in [5.74, 6) is 0.714. The third kappa shape index (κ3) is 4.32. The molecule has 116 valence electrons. The number of piperazine rings is 1. The molecular formula is C15H23FN4O. The standard InChI is InChI=1S/C15H23FN4O/c1-17-15(18-7-12-21-2)20-10-8-19(9-11-20)14-5-3-13(16)4-6-14/h3-6H,7-12H2,1-2H3,(H,17,18). The molecule has 0 amide bonds. The zero-order valence-corrected chi connectivity index (χ0v) is 12.7. The van der Waals surface area contributed by atoms with Crippen LogP contribution in [0.4, 0.5) is 10.1 Å². The maximum Gasteiger partial charge on any atom is 0.193 e. The highest BCUT2D eigenvalue weighted by Crippen LogP contribution is 2.16. The van der Waals surface area contributed by atoms with Crippen molar-refractivity contribution in [3.05, 3.63) is 30.1 Å². The molecule has 5 nitrogen and oxygen atoms in total. The number of nitrogens with zero attached hydrogens (tertiary/aromatic N) is 3. The van der Waals surface area contributed by atoms with Gasteiger partial charge in [-0.15, -0.1) is 0 Å². The van der Waals surface area contributed by atoms with Gasteiger partial charge in [0.05, 0.1) is 6.61 Å². The Morgan fingerprint density at radius 3 is 2.48 bits per heavy atom. The highest BCUT2D eigenvalue weighted by Gasteiger charge is 2.19. The summed E-state index contributed by atoms with van der Waals surface area (Å²) in [4.78, 5) is 8.79. The van der Waals surface area contributed by atoms with E-state index in [2.05, 4.69) is 20.1 Å². The van der Waals surface area contributed by atoms with E-state index >= 15 is 0 Å². The molecule has 1 aromatic rings. The fourth-order valence-corrected chi connectivity index (χ4v) is 2.43. The molecule has 0 aromatic heterocycles. The third-order valence-electron chi connectivity index (χ3n) is 3.57. The van der Waals surface area contributed by atoms with Crippen LogP contribution in [0.15, 0.2) is 29.3 Å². The molecule has 1 N–H and O–H groups in total. The summed E-state index contributed by atoms with van der Waals surface area (Å²) in [5, 5.41) is 3.28. The molecule has 2 rings (SSSR count). The van der Waals surface area contributed by atoms with E-state index < -0.39 is 0 Å². The van der Waals surface area contributed by atoms with Crippen molar-refractivity contribution in [3.8, 4) is 0 Å².